The molecule has 1 atom stereocenters. The second-order valence-electron chi connectivity index (χ2n) is 10.8. The average molecular weight is 522 g/mol. The normalized spacial score (nSPS) is 17.3. The maximum atomic E-state index is 11.5. The molecule has 200 valence electrons. The molecule has 1 fully saturated rings. The predicted octanol–water partition coefficient (Wildman–Crippen LogP) is 5.52. The maximum Gasteiger partial charge on any atom is 0.341 e. The number of fused-ring (bicyclic) bond motifs is 1. The molecule has 3 heterocycles. The molecular weight excluding hydrogens is 486 g/mol. The number of nitrogens with zero attached hydrogens (tertiary/aromatic N) is 3. The number of nitrogen functional groups attached to an aromatic ring is 1. The standard InChI is InChI=1S/C32H35N5O2/c1-2-21-17-20(9-12-25(21)22-13-15-34-16-14-22)18-24-11-10-23-5-3-6-26(30(23)24)28-7-4-8-29(36-28)37-31(33)27(19-35-37)32(38)39/h3-9,12,17,19,22,24,34H,2,10-11,13-16,18,33H2,1H3,(H,38,39)/t24-/m1/s1. The predicted molar refractivity (Wildman–Crippen MR) is 154 cm³/mol. The van der Waals surface area contributed by atoms with Crippen molar-refractivity contribution in [2.24, 2.45) is 0 Å². The van der Waals surface area contributed by atoms with E-state index in [4.69, 9.17) is 10.7 Å². The Labute approximate surface area is 229 Å². The fraction of sp³-hybridized carbons (Fsp3) is 0.344. The summed E-state index contributed by atoms with van der Waals surface area (Å²) in [7, 11) is 0. The van der Waals surface area contributed by atoms with Crippen LogP contribution in [0, 0.1) is 0 Å². The zero-order valence-electron chi connectivity index (χ0n) is 22.4. The van der Waals surface area contributed by atoms with Gasteiger partial charge in [0.1, 0.15) is 11.4 Å². The molecule has 0 saturated carbocycles. The van der Waals surface area contributed by atoms with E-state index in [1.54, 1.807) is 11.6 Å². The van der Waals surface area contributed by atoms with Gasteiger partial charge in [0.15, 0.2) is 5.82 Å². The number of benzene rings is 2. The Morgan fingerprint density at radius 3 is 2.69 bits per heavy atom. The summed E-state index contributed by atoms with van der Waals surface area (Å²) in [6, 6.07) is 19.4. The minimum atomic E-state index is -1.10. The van der Waals surface area contributed by atoms with E-state index in [0.717, 1.165) is 50.0 Å². The molecule has 4 aromatic rings. The Morgan fingerprint density at radius 1 is 1.10 bits per heavy atom. The number of carboxylic acids is 1. The third-order valence-electron chi connectivity index (χ3n) is 8.48. The van der Waals surface area contributed by atoms with Gasteiger partial charge in [0.2, 0.25) is 0 Å². The van der Waals surface area contributed by atoms with Crippen LogP contribution in [0.1, 0.15) is 76.2 Å². The van der Waals surface area contributed by atoms with E-state index in [1.165, 1.54) is 46.0 Å². The lowest BCUT2D eigenvalue weighted by Gasteiger charge is -2.26. The average Bonchev–Trinajstić information content (AvgIpc) is 3.57. The lowest BCUT2D eigenvalue weighted by molar-refractivity contribution is 0.0698. The highest BCUT2D eigenvalue weighted by Crippen LogP contribution is 2.42. The number of hydrogen-bond acceptors (Lipinski definition) is 5. The summed E-state index contributed by atoms with van der Waals surface area (Å²) < 4.78 is 1.39. The molecule has 2 aliphatic rings. The summed E-state index contributed by atoms with van der Waals surface area (Å²) in [5.41, 5.74) is 15.2. The molecular formula is C32H35N5O2. The number of aromatic nitrogens is 3. The van der Waals surface area contributed by atoms with Gasteiger partial charge in [-0.1, -0.05) is 49.4 Å². The Hall–Kier alpha value is -3.97. The largest absolute Gasteiger partial charge is 0.477 e. The van der Waals surface area contributed by atoms with Crippen LogP contribution >= 0.6 is 0 Å². The number of nitrogens with one attached hydrogen (secondary N) is 1. The topological polar surface area (TPSA) is 106 Å². The maximum absolute atomic E-state index is 11.5. The molecule has 6 rings (SSSR count). The number of anilines is 1. The quantitative estimate of drug-likeness (QED) is 0.296. The first-order valence-electron chi connectivity index (χ1n) is 14.0. The molecule has 0 unspecified atom stereocenters. The number of aryl methyl sites for hydroxylation is 2. The van der Waals surface area contributed by atoms with Crippen LogP contribution in [0.25, 0.3) is 17.1 Å². The van der Waals surface area contributed by atoms with Crippen LogP contribution in [0.4, 0.5) is 5.82 Å². The van der Waals surface area contributed by atoms with E-state index in [9.17, 15) is 9.90 Å². The number of aromatic carboxylic acids is 1. The molecule has 1 saturated heterocycles. The van der Waals surface area contributed by atoms with Crippen LogP contribution in [-0.4, -0.2) is 38.9 Å². The third kappa shape index (κ3) is 4.83. The molecule has 2 aromatic heterocycles. The van der Waals surface area contributed by atoms with Gasteiger partial charge in [-0.05, 0) is 103 Å². The minimum absolute atomic E-state index is 0.0273. The summed E-state index contributed by atoms with van der Waals surface area (Å²) in [5, 5.41) is 17.1. The van der Waals surface area contributed by atoms with Crippen molar-refractivity contribution < 1.29 is 9.90 Å². The van der Waals surface area contributed by atoms with Crippen LogP contribution in [0.2, 0.25) is 0 Å². The number of carboxylic acid groups (broad SMARTS) is 1. The Morgan fingerprint density at radius 2 is 1.92 bits per heavy atom. The Balaban J connectivity index is 1.31. The van der Waals surface area contributed by atoms with Gasteiger partial charge < -0.3 is 16.2 Å². The number of piperidine rings is 1. The molecule has 1 aliphatic heterocycles. The first-order valence-corrected chi connectivity index (χ1v) is 14.0. The molecule has 39 heavy (non-hydrogen) atoms. The lowest BCUT2D eigenvalue weighted by atomic mass is 9.83. The lowest BCUT2D eigenvalue weighted by Crippen LogP contribution is -2.27. The van der Waals surface area contributed by atoms with Gasteiger partial charge in [0.05, 0.1) is 11.9 Å². The molecule has 1 aliphatic carbocycles. The Kier molecular flexibility index (Phi) is 6.92. The van der Waals surface area contributed by atoms with E-state index < -0.39 is 5.97 Å². The fourth-order valence-electron chi connectivity index (χ4n) is 6.52. The molecule has 7 heteroatoms. The fourth-order valence-corrected chi connectivity index (χ4v) is 6.52. The van der Waals surface area contributed by atoms with E-state index >= 15 is 0 Å². The van der Waals surface area contributed by atoms with E-state index in [-0.39, 0.29) is 11.4 Å². The van der Waals surface area contributed by atoms with Crippen molar-refractivity contribution in [3.8, 4) is 17.1 Å². The molecule has 2 aromatic carbocycles. The van der Waals surface area contributed by atoms with Gasteiger partial charge >= 0.3 is 5.97 Å². The van der Waals surface area contributed by atoms with E-state index in [2.05, 4.69) is 53.7 Å². The van der Waals surface area contributed by atoms with Crippen LogP contribution in [-0.2, 0) is 19.3 Å². The smallest absolute Gasteiger partial charge is 0.341 e. The van der Waals surface area contributed by atoms with Crippen molar-refractivity contribution in [3.63, 3.8) is 0 Å². The molecule has 0 spiro atoms. The summed E-state index contributed by atoms with van der Waals surface area (Å²) in [4.78, 5) is 16.3. The molecule has 0 amide bonds. The van der Waals surface area contributed by atoms with Gasteiger partial charge in [-0.3, -0.25) is 0 Å². The third-order valence-corrected chi connectivity index (χ3v) is 8.48. The van der Waals surface area contributed by atoms with Crippen LogP contribution < -0.4 is 11.1 Å². The SMILES string of the molecule is CCc1cc(C[C@H]2CCc3cccc(-c4cccc(-n5ncc(C(=O)O)c5N)n4)c32)ccc1C1CCNCC1. The molecule has 0 radical (unpaired) electrons. The van der Waals surface area contributed by atoms with Crippen molar-refractivity contribution in [2.45, 2.75) is 57.3 Å². The van der Waals surface area contributed by atoms with Gasteiger partial charge in [0, 0.05) is 5.56 Å². The second kappa shape index (κ2) is 10.7. The van der Waals surface area contributed by atoms with Gasteiger partial charge in [-0.15, -0.1) is 0 Å². The first-order chi connectivity index (χ1) is 19.0. The number of rotatable bonds is 7. The molecule has 7 nitrogen and oxygen atoms in total. The van der Waals surface area contributed by atoms with Crippen molar-refractivity contribution in [2.75, 3.05) is 18.8 Å². The number of nitrogens with two attached hydrogens (primary N) is 1. The van der Waals surface area contributed by atoms with Gasteiger partial charge in [0.25, 0.3) is 0 Å². The van der Waals surface area contributed by atoms with Crippen molar-refractivity contribution in [1.29, 1.82) is 0 Å². The van der Waals surface area contributed by atoms with E-state index in [1.807, 2.05) is 12.1 Å². The second-order valence-corrected chi connectivity index (χ2v) is 10.8. The highest BCUT2D eigenvalue weighted by Gasteiger charge is 2.27. The minimum Gasteiger partial charge on any atom is -0.477 e. The molecule has 4 N–H and O–H groups in total. The first kappa shape index (κ1) is 25.3. The molecule has 0 bridgehead atoms. The summed E-state index contributed by atoms with van der Waals surface area (Å²) in [6.07, 6.45) is 7.98. The van der Waals surface area contributed by atoms with Crippen molar-refractivity contribution >= 4 is 11.8 Å². The highest BCUT2D eigenvalue weighted by atomic mass is 16.4. The number of carbonyl (C=O) groups is 1. The van der Waals surface area contributed by atoms with Crippen LogP contribution in [0.5, 0.6) is 0 Å². The van der Waals surface area contributed by atoms with Gasteiger partial charge in [-0.25, -0.2) is 9.78 Å². The van der Waals surface area contributed by atoms with Gasteiger partial charge in [-0.2, -0.15) is 9.78 Å². The van der Waals surface area contributed by atoms with Crippen LogP contribution in [0.3, 0.4) is 0 Å². The van der Waals surface area contributed by atoms with E-state index in [0.29, 0.717) is 17.7 Å². The summed E-state index contributed by atoms with van der Waals surface area (Å²) >= 11 is 0. The zero-order valence-corrected chi connectivity index (χ0v) is 22.4. The zero-order chi connectivity index (χ0) is 26.9. The van der Waals surface area contributed by atoms with Crippen LogP contribution in [0.15, 0.2) is 60.8 Å². The Bertz CT molecular complexity index is 1520. The van der Waals surface area contributed by atoms with Crippen molar-refractivity contribution in [3.05, 3.63) is 94.2 Å². The summed E-state index contributed by atoms with van der Waals surface area (Å²) in [5.74, 6) is 0.564. The summed E-state index contributed by atoms with van der Waals surface area (Å²) in [6.45, 7) is 4.50. The number of hydrogen-bond donors (Lipinski definition) is 3. The highest BCUT2D eigenvalue weighted by molar-refractivity contribution is 5.92. The number of pyridine rings is 1. The monoisotopic (exact) mass is 521 g/mol. The van der Waals surface area contributed by atoms with Crippen molar-refractivity contribution in [1.82, 2.24) is 20.1 Å².